The zero-order valence-corrected chi connectivity index (χ0v) is 32.8. The second-order valence-corrected chi connectivity index (χ2v) is 15.1. The molecule has 0 spiro atoms. The molecule has 0 aliphatic carbocycles. The Morgan fingerprint density at radius 2 is 0.980 bits per heavy atom. The summed E-state index contributed by atoms with van der Waals surface area (Å²) >= 11 is 0. The van der Waals surface area contributed by atoms with E-state index in [-0.39, 0.29) is 19.4 Å². The highest BCUT2D eigenvalue weighted by molar-refractivity contribution is 7.47. The Balaban J connectivity index is 4.27. The Morgan fingerprint density at radius 1 is 0.580 bits per heavy atom. The van der Waals surface area contributed by atoms with Gasteiger partial charge in [0.05, 0.1) is 6.61 Å². The molecule has 0 saturated heterocycles. The van der Waals surface area contributed by atoms with Crippen molar-refractivity contribution in [3.8, 4) is 0 Å². The average Bonchev–Trinajstić information content (AvgIpc) is 3.09. The second-order valence-electron chi connectivity index (χ2n) is 13.6. The fourth-order valence-corrected chi connectivity index (χ4v) is 6.33. The first-order valence-electron chi connectivity index (χ1n) is 20.1. The van der Waals surface area contributed by atoms with E-state index in [1.807, 2.05) is 0 Å². The van der Waals surface area contributed by atoms with E-state index in [4.69, 9.17) is 19.7 Å². The van der Waals surface area contributed by atoms with Crippen LogP contribution >= 0.6 is 7.82 Å². The third-order valence-electron chi connectivity index (χ3n) is 8.65. The normalized spacial score (nSPS) is 13.3. The standard InChI is InChI=1S/C39H74NO9P/c1-3-5-7-9-11-13-15-17-18-20-22-24-26-28-30-32-39(43)49-36(34-47-50(44,45)48-35-37(40)41)33-46-38(42)31-29-27-25-23-21-19-16-14-12-10-8-6-4-2/h17-18,36H,3-16,19-35H2,1-2H3,(H2,40,41)(H,44,45)/t36-/m1/s1. The highest BCUT2D eigenvalue weighted by Gasteiger charge is 2.26. The first-order valence-corrected chi connectivity index (χ1v) is 21.6. The average molecular weight is 732 g/mol. The number of carbonyl (C=O) groups is 3. The Bertz CT molecular complexity index is 899. The molecule has 0 aromatic rings. The monoisotopic (exact) mass is 732 g/mol. The number of esters is 2. The number of carbonyl (C=O) groups excluding carboxylic acids is 3. The summed E-state index contributed by atoms with van der Waals surface area (Å²) in [4.78, 5) is 45.6. The van der Waals surface area contributed by atoms with E-state index in [0.29, 0.717) is 12.8 Å². The zero-order valence-electron chi connectivity index (χ0n) is 31.9. The molecule has 3 N–H and O–H groups in total. The molecule has 10 nitrogen and oxygen atoms in total. The van der Waals surface area contributed by atoms with Crippen LogP contribution in [0.25, 0.3) is 0 Å². The molecule has 11 heteroatoms. The highest BCUT2D eigenvalue weighted by Crippen LogP contribution is 2.43. The lowest BCUT2D eigenvalue weighted by molar-refractivity contribution is -0.161. The van der Waals surface area contributed by atoms with Crippen molar-refractivity contribution in [2.24, 2.45) is 5.73 Å². The van der Waals surface area contributed by atoms with Gasteiger partial charge in [0, 0.05) is 12.8 Å². The van der Waals surface area contributed by atoms with Gasteiger partial charge in [-0.15, -0.1) is 0 Å². The molecule has 294 valence electrons. The molecular weight excluding hydrogens is 657 g/mol. The van der Waals surface area contributed by atoms with Crippen LogP contribution in [0, 0.1) is 0 Å². The van der Waals surface area contributed by atoms with Gasteiger partial charge < -0.3 is 20.1 Å². The summed E-state index contributed by atoms with van der Waals surface area (Å²) in [6, 6.07) is 0. The fourth-order valence-electron chi connectivity index (χ4n) is 5.61. The minimum atomic E-state index is -4.63. The molecule has 0 bridgehead atoms. The Hall–Kier alpha value is -1.74. The number of unbranched alkanes of at least 4 members (excludes halogenated alkanes) is 23. The number of hydrogen-bond donors (Lipinski definition) is 2. The molecule has 0 heterocycles. The van der Waals surface area contributed by atoms with Crippen molar-refractivity contribution in [2.45, 2.75) is 200 Å². The van der Waals surface area contributed by atoms with Gasteiger partial charge in [-0.3, -0.25) is 23.4 Å². The van der Waals surface area contributed by atoms with Crippen molar-refractivity contribution in [2.75, 3.05) is 19.8 Å². The van der Waals surface area contributed by atoms with E-state index < -0.39 is 45.0 Å². The topological polar surface area (TPSA) is 151 Å². The summed E-state index contributed by atoms with van der Waals surface area (Å²) in [6.45, 7) is 2.82. The smallest absolute Gasteiger partial charge is 0.462 e. The molecule has 0 fully saturated rings. The van der Waals surface area contributed by atoms with Crippen LogP contribution in [0.4, 0.5) is 0 Å². The maximum absolute atomic E-state index is 12.5. The molecule has 0 rings (SSSR count). The molecule has 0 saturated carbocycles. The number of nitrogens with two attached hydrogens (primary N) is 1. The van der Waals surface area contributed by atoms with Crippen LogP contribution in [0.15, 0.2) is 12.2 Å². The number of hydrogen-bond acceptors (Lipinski definition) is 8. The van der Waals surface area contributed by atoms with Crippen molar-refractivity contribution in [3.05, 3.63) is 12.2 Å². The largest absolute Gasteiger partial charge is 0.472 e. The van der Waals surface area contributed by atoms with E-state index >= 15 is 0 Å². The van der Waals surface area contributed by atoms with Gasteiger partial charge in [-0.05, 0) is 38.5 Å². The van der Waals surface area contributed by atoms with Crippen LogP contribution in [0.3, 0.4) is 0 Å². The molecular formula is C39H74NO9P. The first-order chi connectivity index (χ1) is 24.2. The number of allylic oxidation sites excluding steroid dienone is 2. The van der Waals surface area contributed by atoms with Crippen molar-refractivity contribution in [3.63, 3.8) is 0 Å². The predicted molar refractivity (Wildman–Crippen MR) is 202 cm³/mol. The van der Waals surface area contributed by atoms with Gasteiger partial charge in [0.25, 0.3) is 0 Å². The summed E-state index contributed by atoms with van der Waals surface area (Å²) in [5.74, 6) is -1.87. The SMILES string of the molecule is CCCCCCCCC=CCCCCCCCC(=O)O[C@H](COC(=O)CCCCCCCCCCCCCCC)COP(=O)(O)OCC(N)=O. The van der Waals surface area contributed by atoms with Crippen LogP contribution in [-0.4, -0.2) is 48.7 Å². The molecule has 0 aromatic carbocycles. The van der Waals surface area contributed by atoms with Crippen molar-refractivity contribution in [1.29, 1.82) is 0 Å². The van der Waals surface area contributed by atoms with Crippen LogP contribution in [0.2, 0.25) is 0 Å². The molecule has 0 aromatic heterocycles. The Kier molecular flexibility index (Phi) is 34.4. The summed E-state index contributed by atoms with van der Waals surface area (Å²) < 4.78 is 32.2. The number of phosphoric acid groups is 1. The minimum absolute atomic E-state index is 0.177. The maximum atomic E-state index is 12.5. The third-order valence-corrected chi connectivity index (χ3v) is 9.58. The van der Waals surface area contributed by atoms with E-state index in [1.165, 1.54) is 96.3 Å². The number of phosphoric ester groups is 1. The molecule has 50 heavy (non-hydrogen) atoms. The summed E-state index contributed by atoms with van der Waals surface area (Å²) in [6.07, 6.45) is 34.5. The first kappa shape index (κ1) is 48.3. The molecule has 2 atom stereocenters. The van der Waals surface area contributed by atoms with E-state index in [1.54, 1.807) is 0 Å². The van der Waals surface area contributed by atoms with Gasteiger partial charge in [0.1, 0.15) is 13.2 Å². The van der Waals surface area contributed by atoms with Crippen LogP contribution in [0.1, 0.15) is 194 Å². The fraction of sp³-hybridized carbons (Fsp3) is 0.872. The lowest BCUT2D eigenvalue weighted by Gasteiger charge is -2.19. The van der Waals surface area contributed by atoms with Crippen molar-refractivity contribution >= 4 is 25.7 Å². The van der Waals surface area contributed by atoms with Gasteiger partial charge in [0.2, 0.25) is 5.91 Å². The van der Waals surface area contributed by atoms with Crippen molar-refractivity contribution < 1.29 is 42.4 Å². The van der Waals surface area contributed by atoms with E-state index in [2.05, 4.69) is 30.5 Å². The van der Waals surface area contributed by atoms with E-state index in [9.17, 15) is 23.8 Å². The van der Waals surface area contributed by atoms with Gasteiger partial charge in [-0.1, -0.05) is 154 Å². The maximum Gasteiger partial charge on any atom is 0.472 e. The minimum Gasteiger partial charge on any atom is -0.462 e. The van der Waals surface area contributed by atoms with Gasteiger partial charge in [0.15, 0.2) is 6.10 Å². The molecule has 0 aliphatic heterocycles. The molecule has 1 unspecified atom stereocenters. The van der Waals surface area contributed by atoms with Gasteiger partial charge in [-0.25, -0.2) is 4.57 Å². The lowest BCUT2D eigenvalue weighted by atomic mass is 10.0. The lowest BCUT2D eigenvalue weighted by Crippen LogP contribution is -2.29. The molecule has 0 aliphatic rings. The number of primary amides is 1. The molecule has 0 radical (unpaired) electrons. The summed E-state index contributed by atoms with van der Waals surface area (Å²) in [5.41, 5.74) is 4.96. The Labute approximate surface area is 305 Å². The summed E-state index contributed by atoms with van der Waals surface area (Å²) in [7, 11) is -4.63. The van der Waals surface area contributed by atoms with Crippen LogP contribution in [0.5, 0.6) is 0 Å². The van der Waals surface area contributed by atoms with Crippen molar-refractivity contribution in [1.82, 2.24) is 0 Å². The number of rotatable bonds is 38. The number of amides is 1. The van der Waals surface area contributed by atoms with E-state index in [0.717, 1.165) is 57.8 Å². The highest BCUT2D eigenvalue weighted by atomic mass is 31.2. The zero-order chi connectivity index (χ0) is 37.0. The van der Waals surface area contributed by atoms with Gasteiger partial charge in [-0.2, -0.15) is 0 Å². The Morgan fingerprint density at radius 3 is 1.42 bits per heavy atom. The van der Waals surface area contributed by atoms with Crippen LogP contribution < -0.4 is 5.73 Å². The second kappa shape index (κ2) is 35.7. The third kappa shape index (κ3) is 36.1. The van der Waals surface area contributed by atoms with Crippen LogP contribution in [-0.2, 0) is 37.5 Å². The number of ether oxygens (including phenoxy) is 2. The quantitative estimate of drug-likeness (QED) is 0.0273. The predicted octanol–water partition coefficient (Wildman–Crippen LogP) is 10.6. The van der Waals surface area contributed by atoms with Gasteiger partial charge >= 0.3 is 19.8 Å². The summed E-state index contributed by atoms with van der Waals surface area (Å²) in [5, 5.41) is 0. The molecule has 1 amide bonds.